The van der Waals surface area contributed by atoms with Crippen LogP contribution in [-0.4, -0.2) is 25.2 Å². The number of methoxy groups -OCH3 is 1. The lowest BCUT2D eigenvalue weighted by Gasteiger charge is -2.23. The van der Waals surface area contributed by atoms with Crippen LogP contribution in [0.4, 0.5) is 0 Å². The minimum Gasteiger partial charge on any atom is -0.494 e. The minimum atomic E-state index is -0.689. The van der Waals surface area contributed by atoms with Gasteiger partial charge in [0, 0.05) is 6.54 Å². The summed E-state index contributed by atoms with van der Waals surface area (Å²) in [4.78, 5) is 11.6. The molecular formula is C16H25NO3. The molecule has 0 saturated carbocycles. The molecule has 0 bridgehead atoms. The molecule has 1 aromatic rings. The largest absolute Gasteiger partial charge is 0.494 e. The van der Waals surface area contributed by atoms with E-state index >= 15 is 0 Å². The Hall–Kier alpha value is -1.55. The van der Waals surface area contributed by atoms with Gasteiger partial charge in [0.25, 0.3) is 0 Å². The summed E-state index contributed by atoms with van der Waals surface area (Å²) in [5.41, 5.74) is 0.412. The van der Waals surface area contributed by atoms with Crippen LogP contribution in [0.1, 0.15) is 39.2 Å². The molecule has 0 aliphatic rings. The lowest BCUT2D eigenvalue weighted by molar-refractivity contribution is -0.147. The van der Waals surface area contributed by atoms with Crippen molar-refractivity contribution in [2.75, 3.05) is 13.7 Å². The van der Waals surface area contributed by atoms with Crippen LogP contribution in [0, 0.1) is 0 Å². The number of ether oxygens (including phenoxy) is 2. The third-order valence-electron chi connectivity index (χ3n) is 3.12. The van der Waals surface area contributed by atoms with Gasteiger partial charge in [-0.2, -0.15) is 0 Å². The van der Waals surface area contributed by atoms with Crippen molar-refractivity contribution < 1.29 is 14.3 Å². The Balaban J connectivity index is 2.47. The highest BCUT2D eigenvalue weighted by atomic mass is 16.5. The highest BCUT2D eigenvalue weighted by molar-refractivity contribution is 5.79. The highest BCUT2D eigenvalue weighted by Crippen LogP contribution is 2.14. The number of unbranched alkanes of at least 4 members (excludes halogenated alkanes) is 1. The van der Waals surface area contributed by atoms with Gasteiger partial charge >= 0.3 is 5.97 Å². The number of carbonyl (C=O) groups excluding carboxylic acids is 1. The number of esters is 1. The summed E-state index contributed by atoms with van der Waals surface area (Å²) in [5.74, 6) is 0.617. The summed E-state index contributed by atoms with van der Waals surface area (Å²) in [5, 5.41) is 3.18. The van der Waals surface area contributed by atoms with Gasteiger partial charge in [-0.15, -0.1) is 0 Å². The Morgan fingerprint density at radius 1 is 1.25 bits per heavy atom. The van der Waals surface area contributed by atoms with Crippen molar-refractivity contribution in [3.05, 3.63) is 29.8 Å². The van der Waals surface area contributed by atoms with E-state index in [0.29, 0.717) is 6.54 Å². The highest BCUT2D eigenvalue weighted by Gasteiger charge is 2.27. The maximum atomic E-state index is 11.6. The average Bonchev–Trinajstić information content (AvgIpc) is 2.46. The summed E-state index contributed by atoms with van der Waals surface area (Å²) in [6.45, 7) is 7.12. The van der Waals surface area contributed by atoms with E-state index in [4.69, 9.17) is 9.47 Å². The van der Waals surface area contributed by atoms with Crippen molar-refractivity contribution in [3.63, 3.8) is 0 Å². The second-order valence-electron chi connectivity index (χ2n) is 5.32. The second-order valence-corrected chi connectivity index (χ2v) is 5.32. The summed E-state index contributed by atoms with van der Waals surface area (Å²) in [6, 6.07) is 7.92. The second kappa shape index (κ2) is 7.90. The van der Waals surface area contributed by atoms with E-state index in [1.54, 1.807) is 13.8 Å². The minimum absolute atomic E-state index is 0.267. The lowest BCUT2D eigenvalue weighted by Crippen LogP contribution is -2.46. The molecule has 0 aromatic heterocycles. The summed E-state index contributed by atoms with van der Waals surface area (Å²) in [6.07, 6.45) is 2.20. The predicted molar refractivity (Wildman–Crippen MR) is 79.8 cm³/mol. The van der Waals surface area contributed by atoms with E-state index in [9.17, 15) is 4.79 Å². The zero-order chi connectivity index (χ0) is 15.0. The standard InChI is InChI=1S/C16H25NO3/c1-5-6-11-20-14-9-7-13(8-10-14)12-17-16(2,3)15(18)19-4/h7-10,17H,5-6,11-12H2,1-4H3. The molecule has 0 unspecified atom stereocenters. The Morgan fingerprint density at radius 3 is 2.45 bits per heavy atom. The molecule has 0 fully saturated rings. The van der Waals surface area contributed by atoms with Crippen LogP contribution in [0.25, 0.3) is 0 Å². The fraction of sp³-hybridized carbons (Fsp3) is 0.562. The molecule has 0 radical (unpaired) electrons. The van der Waals surface area contributed by atoms with E-state index in [1.807, 2.05) is 24.3 Å². The summed E-state index contributed by atoms with van der Waals surface area (Å²) < 4.78 is 10.4. The van der Waals surface area contributed by atoms with Crippen LogP contribution >= 0.6 is 0 Å². The number of benzene rings is 1. The number of hydrogen-bond acceptors (Lipinski definition) is 4. The van der Waals surface area contributed by atoms with Gasteiger partial charge in [0.2, 0.25) is 0 Å². The van der Waals surface area contributed by atoms with Gasteiger partial charge in [-0.1, -0.05) is 25.5 Å². The van der Waals surface area contributed by atoms with E-state index in [2.05, 4.69) is 12.2 Å². The van der Waals surface area contributed by atoms with Gasteiger partial charge < -0.3 is 9.47 Å². The van der Waals surface area contributed by atoms with E-state index in [-0.39, 0.29) is 5.97 Å². The Labute approximate surface area is 121 Å². The van der Waals surface area contributed by atoms with Crippen molar-refractivity contribution in [1.82, 2.24) is 5.32 Å². The average molecular weight is 279 g/mol. The number of nitrogens with one attached hydrogen (secondary N) is 1. The topological polar surface area (TPSA) is 47.6 Å². The van der Waals surface area contributed by atoms with Crippen molar-refractivity contribution in [2.45, 2.75) is 45.7 Å². The number of hydrogen-bond donors (Lipinski definition) is 1. The Kier molecular flexibility index (Phi) is 6.52. The smallest absolute Gasteiger partial charge is 0.325 e. The van der Waals surface area contributed by atoms with Crippen molar-refractivity contribution in [1.29, 1.82) is 0 Å². The molecular weight excluding hydrogens is 254 g/mol. The van der Waals surface area contributed by atoms with Crippen LogP contribution < -0.4 is 10.1 Å². The Morgan fingerprint density at radius 2 is 1.90 bits per heavy atom. The van der Waals surface area contributed by atoms with Crippen LogP contribution in [0.15, 0.2) is 24.3 Å². The summed E-state index contributed by atoms with van der Waals surface area (Å²) in [7, 11) is 1.40. The first-order valence-corrected chi connectivity index (χ1v) is 7.04. The third kappa shape index (κ3) is 5.21. The molecule has 1 N–H and O–H groups in total. The number of carbonyl (C=O) groups is 1. The molecule has 4 heteroatoms. The van der Waals surface area contributed by atoms with Crippen LogP contribution in [0.5, 0.6) is 5.75 Å². The zero-order valence-corrected chi connectivity index (χ0v) is 12.9. The summed E-state index contributed by atoms with van der Waals surface area (Å²) >= 11 is 0. The van der Waals surface area contributed by atoms with Gasteiger partial charge in [0.1, 0.15) is 11.3 Å². The zero-order valence-electron chi connectivity index (χ0n) is 12.9. The normalized spacial score (nSPS) is 11.2. The molecule has 0 aliphatic heterocycles. The monoisotopic (exact) mass is 279 g/mol. The molecule has 0 spiro atoms. The van der Waals surface area contributed by atoms with Crippen molar-refractivity contribution in [2.24, 2.45) is 0 Å². The maximum absolute atomic E-state index is 11.6. The van der Waals surface area contributed by atoms with Crippen LogP contribution in [-0.2, 0) is 16.1 Å². The molecule has 20 heavy (non-hydrogen) atoms. The number of rotatable bonds is 8. The molecule has 0 saturated heterocycles. The SMILES string of the molecule is CCCCOc1ccc(CNC(C)(C)C(=O)OC)cc1. The van der Waals surface area contributed by atoms with Gasteiger partial charge in [-0.05, 0) is 38.0 Å². The quantitative estimate of drug-likeness (QED) is 0.587. The maximum Gasteiger partial charge on any atom is 0.325 e. The first-order valence-electron chi connectivity index (χ1n) is 7.04. The van der Waals surface area contributed by atoms with Crippen molar-refractivity contribution in [3.8, 4) is 5.75 Å². The molecule has 112 valence electrons. The van der Waals surface area contributed by atoms with Gasteiger partial charge in [0.15, 0.2) is 0 Å². The van der Waals surface area contributed by atoms with E-state index in [1.165, 1.54) is 7.11 Å². The van der Waals surface area contributed by atoms with Gasteiger partial charge in [-0.25, -0.2) is 0 Å². The molecule has 0 amide bonds. The van der Waals surface area contributed by atoms with Crippen LogP contribution in [0.3, 0.4) is 0 Å². The molecule has 1 aromatic carbocycles. The van der Waals surface area contributed by atoms with Gasteiger partial charge in [-0.3, -0.25) is 10.1 Å². The fourth-order valence-corrected chi connectivity index (χ4v) is 1.69. The lowest BCUT2D eigenvalue weighted by atomic mass is 10.1. The Bertz CT molecular complexity index is 412. The fourth-order valence-electron chi connectivity index (χ4n) is 1.69. The first kappa shape index (κ1) is 16.5. The molecule has 1 rings (SSSR count). The van der Waals surface area contributed by atoms with E-state index in [0.717, 1.165) is 30.8 Å². The molecule has 0 atom stereocenters. The van der Waals surface area contributed by atoms with E-state index < -0.39 is 5.54 Å². The molecule has 0 heterocycles. The van der Waals surface area contributed by atoms with Gasteiger partial charge in [0.05, 0.1) is 13.7 Å². The third-order valence-corrected chi connectivity index (χ3v) is 3.12. The molecule has 0 aliphatic carbocycles. The van der Waals surface area contributed by atoms with Crippen LogP contribution in [0.2, 0.25) is 0 Å². The molecule has 4 nitrogen and oxygen atoms in total. The first-order chi connectivity index (χ1) is 9.49. The van der Waals surface area contributed by atoms with Crippen molar-refractivity contribution >= 4 is 5.97 Å². The predicted octanol–water partition coefficient (Wildman–Crippen LogP) is 2.91.